The van der Waals surface area contributed by atoms with Gasteiger partial charge in [-0.3, -0.25) is 9.89 Å². The zero-order valence-electron chi connectivity index (χ0n) is 11.3. The third kappa shape index (κ3) is 3.02. The minimum atomic E-state index is -2.79. The average Bonchev–Trinajstić information content (AvgIpc) is 3.06. The first kappa shape index (κ1) is 13.9. The van der Waals surface area contributed by atoms with Crippen LogP contribution in [0.25, 0.3) is 10.9 Å². The van der Waals surface area contributed by atoms with Crippen molar-refractivity contribution < 1.29 is 18.3 Å². The van der Waals surface area contributed by atoms with Crippen LogP contribution in [0.4, 0.5) is 8.78 Å². The van der Waals surface area contributed by atoms with Crippen LogP contribution >= 0.6 is 0 Å². The molecule has 3 rings (SSSR count). The van der Waals surface area contributed by atoms with E-state index in [1.54, 1.807) is 4.90 Å². The number of nitrogens with one attached hydrogen (secondary N) is 1. The molecule has 1 amide bonds. The maximum atomic E-state index is 12.2. The number of likely N-dealkylation sites (tertiary alicyclic amines) is 1. The Morgan fingerprint density at radius 1 is 1.48 bits per heavy atom. The van der Waals surface area contributed by atoms with Crippen LogP contribution in [0.15, 0.2) is 24.3 Å². The van der Waals surface area contributed by atoms with Crippen molar-refractivity contribution in [2.75, 3.05) is 13.1 Å². The number of benzene rings is 1. The lowest BCUT2D eigenvalue weighted by Crippen LogP contribution is -2.31. The number of hydrogen-bond acceptors (Lipinski definition) is 3. The number of H-pyrrole nitrogens is 1. The van der Waals surface area contributed by atoms with E-state index in [1.807, 2.05) is 24.3 Å². The molecule has 1 aromatic carbocycles. The van der Waals surface area contributed by atoms with Crippen molar-refractivity contribution in [1.82, 2.24) is 15.1 Å². The van der Waals surface area contributed by atoms with Crippen LogP contribution in [0.5, 0.6) is 0 Å². The molecule has 0 bridgehead atoms. The van der Waals surface area contributed by atoms with Gasteiger partial charge in [0.15, 0.2) is 0 Å². The Morgan fingerprint density at radius 2 is 2.29 bits per heavy atom. The molecule has 1 atom stereocenters. The minimum absolute atomic E-state index is 0.107. The van der Waals surface area contributed by atoms with Crippen molar-refractivity contribution in [1.29, 1.82) is 0 Å². The van der Waals surface area contributed by atoms with Gasteiger partial charge in [-0.2, -0.15) is 13.9 Å². The molecule has 1 N–H and O–H groups in total. The molecule has 1 aliphatic heterocycles. The Labute approximate surface area is 119 Å². The largest absolute Gasteiger partial charge is 0.345 e. The van der Waals surface area contributed by atoms with Gasteiger partial charge in [-0.05, 0) is 12.5 Å². The minimum Gasteiger partial charge on any atom is -0.340 e. The molecule has 0 unspecified atom stereocenters. The summed E-state index contributed by atoms with van der Waals surface area (Å²) < 4.78 is 28.8. The SMILES string of the molecule is O=C(Cc1[nH]nc2ccccc12)N1CC[C@H](OC(F)F)C1. The predicted octanol–water partition coefficient (Wildman–Crippen LogP) is 1.95. The number of aromatic amines is 1. The predicted molar refractivity (Wildman–Crippen MR) is 71.9 cm³/mol. The summed E-state index contributed by atoms with van der Waals surface area (Å²) in [4.78, 5) is 13.8. The maximum absolute atomic E-state index is 12.2. The molecule has 0 radical (unpaired) electrons. The number of ether oxygens (including phenoxy) is 1. The molecule has 1 aliphatic rings. The van der Waals surface area contributed by atoms with E-state index in [0.717, 1.165) is 16.6 Å². The Hall–Kier alpha value is -2.02. The van der Waals surface area contributed by atoms with Crippen LogP contribution in [0.2, 0.25) is 0 Å². The summed E-state index contributed by atoms with van der Waals surface area (Å²) in [6.07, 6.45) is 0.0503. The summed E-state index contributed by atoms with van der Waals surface area (Å²) in [6.45, 7) is -2.13. The van der Waals surface area contributed by atoms with E-state index in [1.165, 1.54) is 0 Å². The van der Waals surface area contributed by atoms with Gasteiger partial charge in [0.2, 0.25) is 5.91 Å². The van der Waals surface area contributed by atoms with E-state index in [4.69, 9.17) is 0 Å². The number of carbonyl (C=O) groups is 1. The van der Waals surface area contributed by atoms with Crippen molar-refractivity contribution in [3.8, 4) is 0 Å². The number of fused-ring (bicyclic) bond motifs is 1. The molecule has 7 heteroatoms. The van der Waals surface area contributed by atoms with Crippen molar-refractivity contribution >= 4 is 16.8 Å². The Morgan fingerprint density at radius 3 is 3.10 bits per heavy atom. The van der Waals surface area contributed by atoms with Crippen molar-refractivity contribution in [3.63, 3.8) is 0 Å². The van der Waals surface area contributed by atoms with E-state index in [0.29, 0.717) is 13.0 Å². The summed E-state index contributed by atoms with van der Waals surface area (Å²) >= 11 is 0. The van der Waals surface area contributed by atoms with Crippen molar-refractivity contribution in [2.24, 2.45) is 0 Å². The highest BCUT2D eigenvalue weighted by Gasteiger charge is 2.29. The standard InChI is InChI=1S/C14H15F2N3O2/c15-14(16)21-9-5-6-19(8-9)13(20)7-12-10-3-1-2-4-11(10)17-18-12/h1-4,9,14H,5-8H2,(H,17,18)/t9-/m0/s1. The number of para-hydroxylation sites is 1. The first-order chi connectivity index (χ1) is 10.1. The van der Waals surface area contributed by atoms with Gasteiger partial charge >= 0.3 is 6.61 Å². The quantitative estimate of drug-likeness (QED) is 0.938. The van der Waals surface area contributed by atoms with Gasteiger partial charge in [0.25, 0.3) is 0 Å². The number of rotatable bonds is 4. The van der Waals surface area contributed by atoms with Crippen LogP contribution in [0.3, 0.4) is 0 Å². The van der Waals surface area contributed by atoms with E-state index < -0.39 is 12.7 Å². The highest BCUT2D eigenvalue weighted by atomic mass is 19.3. The zero-order valence-corrected chi connectivity index (χ0v) is 11.3. The number of hydrogen-bond donors (Lipinski definition) is 1. The summed E-state index contributed by atoms with van der Waals surface area (Å²) in [5, 5.41) is 7.90. The van der Waals surface area contributed by atoms with Crippen LogP contribution in [-0.4, -0.2) is 46.8 Å². The Balaban J connectivity index is 1.64. The fourth-order valence-corrected chi connectivity index (χ4v) is 2.62. The molecule has 1 fully saturated rings. The Bertz CT molecular complexity index is 644. The first-order valence-electron chi connectivity index (χ1n) is 6.77. The van der Waals surface area contributed by atoms with Crippen LogP contribution in [0, 0.1) is 0 Å². The van der Waals surface area contributed by atoms with E-state index in [2.05, 4.69) is 14.9 Å². The van der Waals surface area contributed by atoms with E-state index in [9.17, 15) is 13.6 Å². The normalized spacial score (nSPS) is 18.8. The summed E-state index contributed by atoms with van der Waals surface area (Å²) in [6, 6.07) is 7.52. The first-order valence-corrected chi connectivity index (χ1v) is 6.77. The van der Waals surface area contributed by atoms with E-state index in [-0.39, 0.29) is 18.9 Å². The van der Waals surface area contributed by atoms with Gasteiger partial charge in [0, 0.05) is 18.5 Å². The summed E-state index contributed by atoms with van der Waals surface area (Å²) in [5.41, 5.74) is 1.55. The summed E-state index contributed by atoms with van der Waals surface area (Å²) in [5.74, 6) is -0.107. The number of aromatic nitrogens is 2. The Kier molecular flexibility index (Phi) is 3.83. The molecule has 1 saturated heterocycles. The number of nitrogens with zero attached hydrogens (tertiary/aromatic N) is 2. The van der Waals surface area contributed by atoms with E-state index >= 15 is 0 Å². The highest BCUT2D eigenvalue weighted by molar-refractivity contribution is 5.87. The number of alkyl halides is 2. The number of halogens is 2. The molecular weight excluding hydrogens is 280 g/mol. The molecule has 5 nitrogen and oxygen atoms in total. The zero-order chi connectivity index (χ0) is 14.8. The fourth-order valence-electron chi connectivity index (χ4n) is 2.62. The van der Waals surface area contributed by atoms with Crippen molar-refractivity contribution in [2.45, 2.75) is 25.6 Å². The average molecular weight is 295 g/mol. The third-order valence-electron chi connectivity index (χ3n) is 3.66. The van der Waals surface area contributed by atoms with Gasteiger partial charge in [0.1, 0.15) is 0 Å². The second kappa shape index (κ2) is 5.77. The van der Waals surface area contributed by atoms with Gasteiger partial charge in [-0.1, -0.05) is 18.2 Å². The van der Waals surface area contributed by atoms with Gasteiger partial charge < -0.3 is 9.64 Å². The highest BCUT2D eigenvalue weighted by Crippen LogP contribution is 2.19. The molecule has 112 valence electrons. The molecule has 0 saturated carbocycles. The van der Waals surface area contributed by atoms with Crippen LogP contribution < -0.4 is 0 Å². The smallest absolute Gasteiger partial charge is 0.340 e. The monoisotopic (exact) mass is 295 g/mol. The number of carbonyl (C=O) groups excluding carboxylic acids is 1. The van der Waals surface area contributed by atoms with Crippen LogP contribution in [-0.2, 0) is 16.0 Å². The third-order valence-corrected chi connectivity index (χ3v) is 3.66. The number of amides is 1. The van der Waals surface area contributed by atoms with Gasteiger partial charge in [-0.25, -0.2) is 0 Å². The second-order valence-electron chi connectivity index (χ2n) is 5.04. The maximum Gasteiger partial charge on any atom is 0.345 e. The van der Waals surface area contributed by atoms with Gasteiger partial charge in [-0.15, -0.1) is 0 Å². The fraction of sp³-hybridized carbons (Fsp3) is 0.429. The molecular formula is C14H15F2N3O2. The van der Waals surface area contributed by atoms with Crippen molar-refractivity contribution in [3.05, 3.63) is 30.0 Å². The lowest BCUT2D eigenvalue weighted by atomic mass is 10.1. The molecule has 2 heterocycles. The molecule has 21 heavy (non-hydrogen) atoms. The topological polar surface area (TPSA) is 58.2 Å². The molecule has 0 spiro atoms. The van der Waals surface area contributed by atoms with Crippen LogP contribution in [0.1, 0.15) is 12.1 Å². The molecule has 2 aromatic rings. The molecule has 1 aromatic heterocycles. The lowest BCUT2D eigenvalue weighted by molar-refractivity contribution is -0.160. The lowest BCUT2D eigenvalue weighted by Gasteiger charge is -2.16. The molecule has 0 aliphatic carbocycles. The summed E-state index contributed by atoms with van der Waals surface area (Å²) in [7, 11) is 0. The second-order valence-corrected chi connectivity index (χ2v) is 5.04. The van der Waals surface area contributed by atoms with Gasteiger partial charge in [0.05, 0.1) is 23.7 Å².